The minimum absolute atomic E-state index is 0.169. The van der Waals surface area contributed by atoms with E-state index in [0.717, 1.165) is 21.0 Å². The number of benzene rings is 2. The summed E-state index contributed by atoms with van der Waals surface area (Å²) < 4.78 is 1.30. The van der Waals surface area contributed by atoms with Crippen LogP contribution in [0.4, 0.5) is 0 Å². The Morgan fingerprint density at radius 2 is 2.00 bits per heavy atom. The van der Waals surface area contributed by atoms with E-state index >= 15 is 0 Å². The number of nitrogens with zero attached hydrogens (tertiary/aromatic N) is 3. The van der Waals surface area contributed by atoms with Gasteiger partial charge in [-0.25, -0.2) is 0 Å². The number of hydrogen-bond donors (Lipinski definition) is 1. The van der Waals surface area contributed by atoms with Crippen LogP contribution in [0.3, 0.4) is 0 Å². The van der Waals surface area contributed by atoms with Gasteiger partial charge in [-0.2, -0.15) is 14.9 Å². The van der Waals surface area contributed by atoms with Crippen LogP contribution in [0.15, 0.2) is 52.4 Å². The molecule has 2 aromatic carbocycles. The van der Waals surface area contributed by atoms with Crippen molar-refractivity contribution in [3.63, 3.8) is 0 Å². The Balaban J connectivity index is 2.04. The van der Waals surface area contributed by atoms with Crippen molar-refractivity contribution in [1.82, 2.24) is 14.9 Å². The highest BCUT2D eigenvalue weighted by Crippen LogP contribution is 2.14. The highest BCUT2D eigenvalue weighted by molar-refractivity contribution is 7.71. The average molecular weight is 296 g/mol. The van der Waals surface area contributed by atoms with E-state index in [1.807, 2.05) is 42.5 Å². The van der Waals surface area contributed by atoms with E-state index < -0.39 is 0 Å². The first-order valence-corrected chi connectivity index (χ1v) is 6.77. The molecule has 21 heavy (non-hydrogen) atoms. The van der Waals surface area contributed by atoms with Crippen LogP contribution in [0.1, 0.15) is 11.3 Å². The SMILES string of the molecule is Cc1n[nH]c(=S)n(N=Cc2ccc3ccccc3c2)c1=O. The van der Waals surface area contributed by atoms with Crippen LogP contribution in [-0.4, -0.2) is 21.1 Å². The van der Waals surface area contributed by atoms with Gasteiger partial charge in [-0.3, -0.25) is 9.89 Å². The van der Waals surface area contributed by atoms with Crippen LogP contribution in [0, 0.1) is 11.7 Å². The van der Waals surface area contributed by atoms with Crippen LogP contribution in [-0.2, 0) is 0 Å². The maximum Gasteiger partial charge on any atom is 0.296 e. The molecular formula is C15H12N4OS. The number of aromatic nitrogens is 3. The van der Waals surface area contributed by atoms with E-state index in [9.17, 15) is 4.79 Å². The third-order valence-electron chi connectivity index (χ3n) is 3.11. The topological polar surface area (TPSA) is 63.0 Å². The maximum atomic E-state index is 11.9. The number of nitrogens with one attached hydrogen (secondary N) is 1. The number of aryl methyl sites for hydroxylation is 1. The van der Waals surface area contributed by atoms with Gasteiger partial charge in [0.2, 0.25) is 4.77 Å². The Labute approximate surface area is 125 Å². The van der Waals surface area contributed by atoms with Gasteiger partial charge in [-0.15, -0.1) is 0 Å². The highest BCUT2D eigenvalue weighted by Gasteiger charge is 2.01. The molecule has 1 N–H and O–H groups in total. The number of H-pyrrole nitrogens is 1. The summed E-state index contributed by atoms with van der Waals surface area (Å²) in [5, 5.41) is 12.8. The smallest absolute Gasteiger partial charge is 0.265 e. The number of rotatable bonds is 2. The molecule has 6 heteroatoms. The molecule has 0 saturated carbocycles. The zero-order valence-electron chi connectivity index (χ0n) is 11.3. The summed E-state index contributed by atoms with van der Waals surface area (Å²) >= 11 is 5.02. The van der Waals surface area contributed by atoms with Crippen molar-refractivity contribution >= 4 is 29.2 Å². The van der Waals surface area contributed by atoms with Gasteiger partial charge < -0.3 is 0 Å². The van der Waals surface area contributed by atoms with Gasteiger partial charge in [0.05, 0.1) is 6.21 Å². The molecule has 3 rings (SSSR count). The van der Waals surface area contributed by atoms with Gasteiger partial charge in [0.1, 0.15) is 5.69 Å². The molecule has 0 spiro atoms. The number of hydrogen-bond acceptors (Lipinski definition) is 4. The predicted molar refractivity (Wildman–Crippen MR) is 85.4 cm³/mol. The van der Waals surface area contributed by atoms with E-state index in [4.69, 9.17) is 12.2 Å². The lowest BCUT2D eigenvalue weighted by molar-refractivity contribution is 0.720. The quantitative estimate of drug-likeness (QED) is 0.584. The first kappa shape index (κ1) is 13.4. The van der Waals surface area contributed by atoms with Crippen molar-refractivity contribution in [2.24, 2.45) is 5.10 Å². The van der Waals surface area contributed by atoms with Gasteiger partial charge in [-0.05, 0) is 41.5 Å². The zero-order chi connectivity index (χ0) is 14.8. The van der Waals surface area contributed by atoms with Crippen molar-refractivity contribution in [3.8, 4) is 0 Å². The largest absolute Gasteiger partial charge is 0.296 e. The predicted octanol–water partition coefficient (Wildman–Crippen LogP) is 2.64. The van der Waals surface area contributed by atoms with Gasteiger partial charge in [-0.1, -0.05) is 36.4 Å². The van der Waals surface area contributed by atoms with Crippen molar-refractivity contribution < 1.29 is 0 Å². The van der Waals surface area contributed by atoms with E-state index in [1.165, 1.54) is 0 Å². The van der Waals surface area contributed by atoms with E-state index in [0.29, 0.717) is 5.69 Å². The molecule has 0 atom stereocenters. The summed E-state index contributed by atoms with van der Waals surface area (Å²) in [6.45, 7) is 1.61. The molecule has 0 aliphatic heterocycles. The summed E-state index contributed by atoms with van der Waals surface area (Å²) in [4.78, 5) is 11.9. The molecule has 0 saturated heterocycles. The fourth-order valence-electron chi connectivity index (χ4n) is 1.99. The molecule has 0 aliphatic rings. The lowest BCUT2D eigenvalue weighted by Gasteiger charge is -2.00. The van der Waals surface area contributed by atoms with Crippen molar-refractivity contribution in [2.75, 3.05) is 0 Å². The van der Waals surface area contributed by atoms with Crippen LogP contribution >= 0.6 is 12.2 Å². The van der Waals surface area contributed by atoms with Crippen LogP contribution < -0.4 is 5.56 Å². The van der Waals surface area contributed by atoms with Crippen molar-refractivity contribution in [3.05, 3.63) is 68.8 Å². The monoisotopic (exact) mass is 296 g/mol. The Morgan fingerprint density at radius 3 is 2.81 bits per heavy atom. The Hall–Kier alpha value is -2.60. The van der Waals surface area contributed by atoms with Crippen LogP contribution in [0.25, 0.3) is 10.8 Å². The Morgan fingerprint density at radius 1 is 1.24 bits per heavy atom. The van der Waals surface area contributed by atoms with Crippen molar-refractivity contribution in [1.29, 1.82) is 0 Å². The first-order chi connectivity index (χ1) is 10.1. The Bertz CT molecular complexity index is 956. The third-order valence-corrected chi connectivity index (χ3v) is 3.37. The minimum Gasteiger partial charge on any atom is -0.265 e. The molecule has 3 aromatic rings. The van der Waals surface area contributed by atoms with E-state index in [1.54, 1.807) is 13.1 Å². The molecule has 1 aromatic heterocycles. The summed E-state index contributed by atoms with van der Waals surface area (Å²) in [6.07, 6.45) is 1.61. The average Bonchev–Trinajstić information content (AvgIpc) is 2.51. The summed E-state index contributed by atoms with van der Waals surface area (Å²) in [5.74, 6) is 0. The molecule has 104 valence electrons. The maximum absolute atomic E-state index is 11.9. The molecule has 0 unspecified atom stereocenters. The molecule has 0 radical (unpaired) electrons. The van der Waals surface area contributed by atoms with Gasteiger partial charge in [0.25, 0.3) is 5.56 Å². The standard InChI is InChI=1S/C15H12N4OS/c1-10-14(20)19(15(21)18-17-10)16-9-11-6-7-12-4-2-3-5-13(12)8-11/h2-9H,1H3,(H,18,21). The molecule has 0 amide bonds. The summed E-state index contributed by atoms with van der Waals surface area (Å²) in [6, 6.07) is 14.0. The molecule has 0 bridgehead atoms. The fourth-order valence-corrected chi connectivity index (χ4v) is 2.17. The third kappa shape index (κ3) is 2.66. The summed E-state index contributed by atoms with van der Waals surface area (Å²) in [7, 11) is 0. The molecule has 0 aliphatic carbocycles. The zero-order valence-corrected chi connectivity index (χ0v) is 12.1. The first-order valence-electron chi connectivity index (χ1n) is 6.36. The molecule has 1 heterocycles. The van der Waals surface area contributed by atoms with Gasteiger partial charge in [0, 0.05) is 0 Å². The number of aromatic amines is 1. The van der Waals surface area contributed by atoms with Crippen molar-refractivity contribution in [2.45, 2.75) is 6.92 Å². The van der Waals surface area contributed by atoms with Gasteiger partial charge >= 0.3 is 0 Å². The fraction of sp³-hybridized carbons (Fsp3) is 0.0667. The second-order valence-corrected chi connectivity index (χ2v) is 4.97. The number of fused-ring (bicyclic) bond motifs is 1. The highest BCUT2D eigenvalue weighted by atomic mass is 32.1. The summed E-state index contributed by atoms with van der Waals surface area (Å²) in [5.41, 5.74) is 0.888. The molecular weight excluding hydrogens is 284 g/mol. The second kappa shape index (κ2) is 5.41. The normalized spacial score (nSPS) is 11.3. The minimum atomic E-state index is -0.323. The Kier molecular flexibility index (Phi) is 3.45. The second-order valence-electron chi connectivity index (χ2n) is 4.58. The lowest BCUT2D eigenvalue weighted by atomic mass is 10.1. The van der Waals surface area contributed by atoms with E-state index in [2.05, 4.69) is 15.3 Å². The molecule has 0 fully saturated rings. The van der Waals surface area contributed by atoms with Crippen LogP contribution in [0.5, 0.6) is 0 Å². The molecule has 5 nitrogen and oxygen atoms in total. The van der Waals surface area contributed by atoms with Gasteiger partial charge in [0.15, 0.2) is 0 Å². The van der Waals surface area contributed by atoms with E-state index in [-0.39, 0.29) is 10.3 Å². The lowest BCUT2D eigenvalue weighted by Crippen LogP contribution is -2.22. The van der Waals surface area contributed by atoms with Crippen LogP contribution in [0.2, 0.25) is 0 Å².